The molecule has 1 unspecified atom stereocenters. The Morgan fingerprint density at radius 1 is 0.727 bits per heavy atom. The topological polar surface area (TPSA) is 0 Å². The van der Waals surface area contributed by atoms with Gasteiger partial charge in [-0.3, -0.25) is 0 Å². The van der Waals surface area contributed by atoms with Crippen LogP contribution in [0.1, 0.15) is 22.6 Å². The molecule has 0 nitrogen and oxygen atoms in total. The third kappa shape index (κ3) is 3.60. The van der Waals surface area contributed by atoms with Crippen molar-refractivity contribution in [2.45, 2.75) is 12.3 Å². The van der Waals surface area contributed by atoms with Crippen molar-refractivity contribution in [3.05, 3.63) is 105 Å². The van der Waals surface area contributed by atoms with Crippen LogP contribution in [-0.2, 0) is 6.42 Å². The molecule has 0 heterocycles. The van der Waals surface area contributed by atoms with Gasteiger partial charge in [-0.15, -0.1) is 0 Å². The van der Waals surface area contributed by atoms with Crippen molar-refractivity contribution in [2.75, 3.05) is 0 Å². The number of rotatable bonds is 4. The smallest absolute Gasteiger partial charge is 0.0406 e. The van der Waals surface area contributed by atoms with Crippen LogP contribution in [0.4, 0.5) is 0 Å². The lowest BCUT2D eigenvalue weighted by Gasteiger charge is -2.19. The zero-order valence-electron chi connectivity index (χ0n) is 12.0. The number of hydrogen-bond donors (Lipinski definition) is 0. The minimum atomic E-state index is 0.317. The summed E-state index contributed by atoms with van der Waals surface area (Å²) in [6.45, 7) is 0. The van der Waals surface area contributed by atoms with E-state index in [0.29, 0.717) is 5.92 Å². The summed E-state index contributed by atoms with van der Waals surface area (Å²) in [5.74, 6) is 0.317. The molecule has 1 atom stereocenters. The SMILES string of the molecule is Clc1ccc(C(Cc2ccccc2Br)c2ccccc2)cc1. The number of benzene rings is 3. The zero-order chi connectivity index (χ0) is 15.4. The van der Waals surface area contributed by atoms with Crippen molar-refractivity contribution < 1.29 is 0 Å². The Morgan fingerprint density at radius 2 is 1.32 bits per heavy atom. The van der Waals surface area contributed by atoms with E-state index in [4.69, 9.17) is 11.6 Å². The fourth-order valence-corrected chi connectivity index (χ4v) is 3.27. The normalized spacial score (nSPS) is 12.1. The Balaban J connectivity index is 2.00. The van der Waals surface area contributed by atoms with Crippen molar-refractivity contribution >= 4 is 27.5 Å². The summed E-state index contributed by atoms with van der Waals surface area (Å²) in [6.07, 6.45) is 0.951. The standard InChI is InChI=1S/C20H16BrCl/c21-20-9-5-4-8-17(20)14-19(15-6-2-1-3-7-15)16-10-12-18(22)13-11-16/h1-13,19H,14H2. The van der Waals surface area contributed by atoms with Crippen molar-refractivity contribution in [3.8, 4) is 0 Å². The zero-order valence-corrected chi connectivity index (χ0v) is 14.4. The second-order valence-corrected chi connectivity index (χ2v) is 6.60. The van der Waals surface area contributed by atoms with Crippen molar-refractivity contribution in [2.24, 2.45) is 0 Å². The molecule has 0 N–H and O–H groups in total. The van der Waals surface area contributed by atoms with Gasteiger partial charge in [-0.05, 0) is 41.3 Å². The Bertz CT molecular complexity index is 735. The first-order valence-electron chi connectivity index (χ1n) is 7.28. The molecule has 0 aromatic heterocycles. The van der Waals surface area contributed by atoms with Gasteiger partial charge in [0.2, 0.25) is 0 Å². The van der Waals surface area contributed by atoms with Crippen LogP contribution in [0.2, 0.25) is 5.02 Å². The van der Waals surface area contributed by atoms with Gasteiger partial charge in [-0.2, -0.15) is 0 Å². The van der Waals surface area contributed by atoms with Crippen LogP contribution in [0.5, 0.6) is 0 Å². The molecule has 0 amide bonds. The third-order valence-corrected chi connectivity index (χ3v) is 4.88. The highest BCUT2D eigenvalue weighted by Gasteiger charge is 2.16. The highest BCUT2D eigenvalue weighted by molar-refractivity contribution is 9.10. The average molecular weight is 372 g/mol. The maximum atomic E-state index is 6.04. The quantitative estimate of drug-likeness (QED) is 0.492. The molecule has 3 aromatic carbocycles. The highest BCUT2D eigenvalue weighted by atomic mass is 79.9. The van der Waals surface area contributed by atoms with Gasteiger partial charge >= 0.3 is 0 Å². The average Bonchev–Trinajstić information content (AvgIpc) is 2.56. The largest absolute Gasteiger partial charge is 0.0843 e. The maximum absolute atomic E-state index is 6.04. The summed E-state index contributed by atoms with van der Waals surface area (Å²) in [5.41, 5.74) is 3.92. The minimum absolute atomic E-state index is 0.317. The van der Waals surface area contributed by atoms with Crippen molar-refractivity contribution in [1.82, 2.24) is 0 Å². The molecule has 0 saturated carbocycles. The van der Waals surface area contributed by atoms with Crippen LogP contribution in [0, 0.1) is 0 Å². The van der Waals surface area contributed by atoms with Gasteiger partial charge in [0.15, 0.2) is 0 Å². The first kappa shape index (κ1) is 15.3. The van der Waals surface area contributed by atoms with E-state index in [9.17, 15) is 0 Å². The lowest BCUT2D eigenvalue weighted by atomic mass is 9.86. The second-order valence-electron chi connectivity index (χ2n) is 5.31. The molecule has 3 rings (SSSR count). The van der Waals surface area contributed by atoms with E-state index in [1.54, 1.807) is 0 Å². The molecular weight excluding hydrogens is 356 g/mol. The van der Waals surface area contributed by atoms with E-state index in [-0.39, 0.29) is 0 Å². The Kier molecular flexibility index (Phi) is 4.97. The molecule has 0 aliphatic heterocycles. The van der Waals surface area contributed by atoms with E-state index >= 15 is 0 Å². The minimum Gasteiger partial charge on any atom is -0.0843 e. The summed E-state index contributed by atoms with van der Waals surface area (Å²) < 4.78 is 1.16. The molecular formula is C20H16BrCl. The molecule has 2 heteroatoms. The van der Waals surface area contributed by atoms with Gasteiger partial charge in [0.25, 0.3) is 0 Å². The Hall–Kier alpha value is -1.57. The van der Waals surface area contributed by atoms with Crippen LogP contribution in [-0.4, -0.2) is 0 Å². The van der Waals surface area contributed by atoms with Gasteiger partial charge in [-0.25, -0.2) is 0 Å². The highest BCUT2D eigenvalue weighted by Crippen LogP contribution is 2.31. The molecule has 0 bridgehead atoms. The molecule has 110 valence electrons. The molecule has 0 aliphatic rings. The van der Waals surface area contributed by atoms with Gasteiger partial charge in [0.1, 0.15) is 0 Å². The summed E-state index contributed by atoms with van der Waals surface area (Å²) >= 11 is 9.70. The van der Waals surface area contributed by atoms with Crippen molar-refractivity contribution in [3.63, 3.8) is 0 Å². The van der Waals surface area contributed by atoms with Gasteiger partial charge in [-0.1, -0.05) is 88.2 Å². The summed E-state index contributed by atoms with van der Waals surface area (Å²) in [4.78, 5) is 0. The van der Waals surface area contributed by atoms with E-state index in [0.717, 1.165) is 15.9 Å². The maximum Gasteiger partial charge on any atom is 0.0406 e. The van der Waals surface area contributed by atoms with Crippen LogP contribution in [0.3, 0.4) is 0 Å². The molecule has 3 aromatic rings. The first-order chi connectivity index (χ1) is 10.7. The fraction of sp³-hybridized carbons (Fsp3) is 0.100. The predicted molar refractivity (Wildman–Crippen MR) is 97.6 cm³/mol. The summed E-state index contributed by atoms with van der Waals surface area (Å²) in [7, 11) is 0. The van der Waals surface area contributed by atoms with Crippen LogP contribution < -0.4 is 0 Å². The van der Waals surface area contributed by atoms with Gasteiger partial charge in [0.05, 0.1) is 0 Å². The van der Waals surface area contributed by atoms with E-state index in [1.165, 1.54) is 16.7 Å². The molecule has 0 spiro atoms. The van der Waals surface area contributed by atoms with Crippen molar-refractivity contribution in [1.29, 1.82) is 0 Å². The fourth-order valence-electron chi connectivity index (χ4n) is 2.69. The predicted octanol–water partition coefficient (Wildman–Crippen LogP) is 6.48. The first-order valence-corrected chi connectivity index (χ1v) is 8.45. The van der Waals surface area contributed by atoms with E-state index in [1.807, 2.05) is 18.2 Å². The van der Waals surface area contributed by atoms with Gasteiger partial charge in [0, 0.05) is 15.4 Å². The van der Waals surface area contributed by atoms with Crippen LogP contribution in [0.15, 0.2) is 83.3 Å². The van der Waals surface area contributed by atoms with Gasteiger partial charge < -0.3 is 0 Å². The summed E-state index contributed by atoms with van der Waals surface area (Å²) in [5, 5.41) is 0.774. The molecule has 0 saturated heterocycles. The summed E-state index contributed by atoms with van der Waals surface area (Å²) in [6, 6.07) is 27.2. The monoisotopic (exact) mass is 370 g/mol. The lowest BCUT2D eigenvalue weighted by Crippen LogP contribution is -2.05. The Morgan fingerprint density at radius 3 is 2.00 bits per heavy atom. The van der Waals surface area contributed by atoms with E-state index < -0.39 is 0 Å². The van der Waals surface area contributed by atoms with Crippen LogP contribution in [0.25, 0.3) is 0 Å². The lowest BCUT2D eigenvalue weighted by molar-refractivity contribution is 0.802. The molecule has 0 radical (unpaired) electrons. The van der Waals surface area contributed by atoms with Crippen LogP contribution >= 0.6 is 27.5 Å². The van der Waals surface area contributed by atoms with E-state index in [2.05, 4.69) is 76.6 Å². The third-order valence-electron chi connectivity index (χ3n) is 3.86. The molecule has 22 heavy (non-hydrogen) atoms. The molecule has 0 aliphatic carbocycles. The molecule has 0 fully saturated rings. The second kappa shape index (κ2) is 7.13. The number of halogens is 2. The number of hydrogen-bond acceptors (Lipinski definition) is 0. The Labute approximate surface area is 144 Å².